The quantitative estimate of drug-likeness (QED) is 0.0617. The van der Waals surface area contributed by atoms with Gasteiger partial charge in [0.15, 0.2) is 0 Å². The number of nitrogens with one attached hydrogen (secondary N) is 4. The number of hydrogen-bond acceptors (Lipinski definition) is 14. The molecule has 6 aromatic rings. The maximum atomic E-state index is 9.26. The average Bonchev–Trinajstić information content (AvgIpc) is 3.12. The van der Waals surface area contributed by atoms with Gasteiger partial charge in [-0.3, -0.25) is 0 Å². The average molecular weight is 698 g/mol. The number of anilines is 8. The van der Waals surface area contributed by atoms with E-state index in [1.807, 2.05) is 60.7 Å². The van der Waals surface area contributed by atoms with Gasteiger partial charge in [-0.2, -0.15) is 24.9 Å². The molecule has 2 aromatic heterocycles. The van der Waals surface area contributed by atoms with Crippen molar-refractivity contribution in [2.45, 2.75) is 25.7 Å². The summed E-state index contributed by atoms with van der Waals surface area (Å²) in [6, 6.07) is 31.3. The zero-order valence-corrected chi connectivity index (χ0v) is 28.8. The molecule has 0 radical (unpaired) electrons. The van der Waals surface area contributed by atoms with Gasteiger partial charge in [0.2, 0.25) is 23.8 Å². The minimum absolute atomic E-state index is 0.0521. The molecular formula is C38H43N13O. The summed E-state index contributed by atoms with van der Waals surface area (Å²) in [6.07, 6.45) is 2.63. The van der Waals surface area contributed by atoms with Gasteiger partial charge in [-0.25, -0.2) is 4.98 Å². The predicted octanol–water partition coefficient (Wildman–Crippen LogP) is 4.44. The SMILES string of the molecule is Nc1ccc(CCNc2nc(Cc3ccc(CCNc4nc(NCCO)nc(Nc5cccc(N)c5)n4)cc3)nc(Cc3cccc(N)c3)n2)cc1. The summed E-state index contributed by atoms with van der Waals surface area (Å²) in [5.41, 5.74) is 25.1. The fourth-order valence-electron chi connectivity index (χ4n) is 5.42. The van der Waals surface area contributed by atoms with Gasteiger partial charge in [0.25, 0.3) is 0 Å². The summed E-state index contributed by atoms with van der Waals surface area (Å²) in [5.74, 6) is 3.00. The maximum absolute atomic E-state index is 9.26. The molecule has 0 unspecified atom stereocenters. The number of nitrogen functional groups attached to an aromatic ring is 3. The molecule has 0 aliphatic carbocycles. The summed E-state index contributed by atoms with van der Waals surface area (Å²) in [5, 5.41) is 22.1. The second-order valence-corrected chi connectivity index (χ2v) is 12.2. The molecule has 0 saturated carbocycles. The molecular weight excluding hydrogens is 655 g/mol. The van der Waals surface area contributed by atoms with Gasteiger partial charge in [0.05, 0.1) is 6.61 Å². The van der Waals surface area contributed by atoms with Crippen LogP contribution in [0.3, 0.4) is 0 Å². The molecule has 0 amide bonds. The first-order valence-corrected chi connectivity index (χ1v) is 17.1. The summed E-state index contributed by atoms with van der Waals surface area (Å²) >= 11 is 0. The van der Waals surface area contributed by atoms with Crippen molar-refractivity contribution in [3.63, 3.8) is 0 Å². The lowest BCUT2D eigenvalue weighted by molar-refractivity contribution is 0.311. The molecule has 14 heteroatoms. The van der Waals surface area contributed by atoms with Gasteiger partial charge in [-0.15, -0.1) is 0 Å². The van der Waals surface area contributed by atoms with Crippen LogP contribution in [-0.2, 0) is 25.7 Å². The molecule has 0 spiro atoms. The summed E-state index contributed by atoms with van der Waals surface area (Å²) in [6.45, 7) is 1.51. The van der Waals surface area contributed by atoms with Crippen molar-refractivity contribution in [2.75, 3.05) is 64.7 Å². The van der Waals surface area contributed by atoms with E-state index in [2.05, 4.69) is 60.5 Å². The molecule has 6 rings (SSSR count). The number of aromatic nitrogens is 6. The Morgan fingerprint density at radius 1 is 0.462 bits per heavy atom. The second-order valence-electron chi connectivity index (χ2n) is 12.2. The molecule has 4 aromatic carbocycles. The van der Waals surface area contributed by atoms with Crippen LogP contribution in [0.2, 0.25) is 0 Å². The van der Waals surface area contributed by atoms with E-state index in [9.17, 15) is 5.11 Å². The molecule has 14 nitrogen and oxygen atoms in total. The third-order valence-electron chi connectivity index (χ3n) is 7.97. The van der Waals surface area contributed by atoms with Crippen LogP contribution in [0.1, 0.15) is 33.9 Å². The van der Waals surface area contributed by atoms with Gasteiger partial charge in [0, 0.05) is 55.2 Å². The molecule has 0 bridgehead atoms. The highest BCUT2D eigenvalue weighted by molar-refractivity contribution is 5.60. The molecule has 0 fully saturated rings. The lowest BCUT2D eigenvalue weighted by Crippen LogP contribution is -2.14. The van der Waals surface area contributed by atoms with E-state index in [0.29, 0.717) is 79.3 Å². The number of aliphatic hydroxyl groups excluding tert-OH is 1. The summed E-state index contributed by atoms with van der Waals surface area (Å²) < 4.78 is 0. The highest BCUT2D eigenvalue weighted by atomic mass is 16.3. The first-order valence-electron chi connectivity index (χ1n) is 17.1. The normalized spacial score (nSPS) is 10.9. The van der Waals surface area contributed by atoms with E-state index in [-0.39, 0.29) is 6.61 Å². The molecule has 52 heavy (non-hydrogen) atoms. The Morgan fingerprint density at radius 3 is 1.60 bits per heavy atom. The molecule has 0 aliphatic heterocycles. The van der Waals surface area contributed by atoms with Gasteiger partial charge in [0.1, 0.15) is 11.6 Å². The van der Waals surface area contributed by atoms with E-state index >= 15 is 0 Å². The van der Waals surface area contributed by atoms with Crippen molar-refractivity contribution >= 4 is 46.5 Å². The number of nitrogens with two attached hydrogens (primary N) is 3. The van der Waals surface area contributed by atoms with Crippen molar-refractivity contribution in [1.82, 2.24) is 29.9 Å². The minimum Gasteiger partial charge on any atom is -0.399 e. The molecule has 0 saturated heterocycles. The van der Waals surface area contributed by atoms with E-state index in [0.717, 1.165) is 40.9 Å². The lowest BCUT2D eigenvalue weighted by Gasteiger charge is -2.12. The third kappa shape index (κ3) is 10.7. The number of benzene rings is 4. The molecule has 2 heterocycles. The van der Waals surface area contributed by atoms with E-state index in [4.69, 9.17) is 32.2 Å². The van der Waals surface area contributed by atoms with Crippen LogP contribution in [0.5, 0.6) is 0 Å². The Hall–Kier alpha value is -6.54. The Morgan fingerprint density at radius 2 is 0.981 bits per heavy atom. The van der Waals surface area contributed by atoms with Gasteiger partial charge >= 0.3 is 0 Å². The fourth-order valence-corrected chi connectivity index (χ4v) is 5.42. The van der Waals surface area contributed by atoms with Crippen LogP contribution in [0.25, 0.3) is 0 Å². The number of nitrogens with zero attached hydrogens (tertiary/aromatic N) is 6. The highest BCUT2D eigenvalue weighted by Crippen LogP contribution is 2.19. The maximum Gasteiger partial charge on any atom is 0.233 e. The molecule has 266 valence electrons. The fraction of sp³-hybridized carbons (Fsp3) is 0.211. The molecule has 0 aliphatic rings. The van der Waals surface area contributed by atoms with Crippen molar-refractivity contribution in [1.29, 1.82) is 0 Å². The number of aliphatic hydroxyl groups is 1. The Bertz CT molecular complexity index is 2060. The van der Waals surface area contributed by atoms with Crippen LogP contribution in [-0.4, -0.2) is 61.3 Å². The van der Waals surface area contributed by atoms with E-state index in [1.165, 1.54) is 5.56 Å². The minimum atomic E-state index is -0.0521. The Labute approximate surface area is 302 Å². The zero-order valence-electron chi connectivity index (χ0n) is 28.8. The van der Waals surface area contributed by atoms with Crippen molar-refractivity contribution in [3.8, 4) is 0 Å². The molecule has 0 atom stereocenters. The first-order chi connectivity index (χ1) is 25.4. The van der Waals surface area contributed by atoms with Crippen LogP contribution >= 0.6 is 0 Å². The monoisotopic (exact) mass is 697 g/mol. The van der Waals surface area contributed by atoms with Gasteiger partial charge < -0.3 is 43.6 Å². The lowest BCUT2D eigenvalue weighted by atomic mass is 10.1. The molecule has 11 N–H and O–H groups in total. The summed E-state index contributed by atoms with van der Waals surface area (Å²) in [7, 11) is 0. The second kappa shape index (κ2) is 17.4. The largest absolute Gasteiger partial charge is 0.399 e. The Kier molecular flexibility index (Phi) is 11.8. The highest BCUT2D eigenvalue weighted by Gasteiger charge is 2.11. The van der Waals surface area contributed by atoms with Crippen LogP contribution in [0, 0.1) is 0 Å². The van der Waals surface area contributed by atoms with Crippen molar-refractivity contribution < 1.29 is 5.11 Å². The van der Waals surface area contributed by atoms with Crippen LogP contribution in [0.15, 0.2) is 97.1 Å². The van der Waals surface area contributed by atoms with Crippen LogP contribution in [0.4, 0.5) is 46.5 Å². The summed E-state index contributed by atoms with van der Waals surface area (Å²) in [4.78, 5) is 27.7. The predicted molar refractivity (Wildman–Crippen MR) is 208 cm³/mol. The van der Waals surface area contributed by atoms with Gasteiger partial charge in [-0.1, -0.05) is 54.6 Å². The zero-order chi connectivity index (χ0) is 36.1. The topological polar surface area (TPSA) is 224 Å². The first kappa shape index (κ1) is 35.3. The number of rotatable bonds is 17. The van der Waals surface area contributed by atoms with E-state index in [1.54, 1.807) is 12.1 Å². The third-order valence-corrected chi connectivity index (χ3v) is 7.97. The van der Waals surface area contributed by atoms with Crippen molar-refractivity contribution in [2.24, 2.45) is 0 Å². The Balaban J connectivity index is 1.09. The van der Waals surface area contributed by atoms with Crippen LogP contribution < -0.4 is 38.5 Å². The standard InChI is InChI=1S/C38H43N13O/c39-29-13-11-26(12-14-29)16-17-42-35-47-33(46-34(48-35)23-28-3-1-4-30(40)21-28)22-27-9-7-25(8-10-27)15-18-43-36-49-37(44-19-20-52)51-38(50-36)45-32-6-2-5-31(41)24-32/h1-14,21,24,52H,15-20,22-23,39-41H2,(H,42,46,47,48)(H3,43,44,45,49,50,51). The van der Waals surface area contributed by atoms with Crippen molar-refractivity contribution in [3.05, 3.63) is 131 Å². The smallest absolute Gasteiger partial charge is 0.233 e. The van der Waals surface area contributed by atoms with E-state index < -0.39 is 0 Å². The van der Waals surface area contributed by atoms with Gasteiger partial charge in [-0.05, 0) is 77.6 Å². The number of hydrogen-bond donors (Lipinski definition) is 8.